The van der Waals surface area contributed by atoms with E-state index in [0.29, 0.717) is 13.0 Å². The molecule has 202 valence electrons. The van der Waals surface area contributed by atoms with Gasteiger partial charge < -0.3 is 24.0 Å². The Morgan fingerprint density at radius 2 is 1.73 bits per heavy atom. The van der Waals surface area contributed by atoms with E-state index in [9.17, 15) is 9.18 Å². The third-order valence-electron chi connectivity index (χ3n) is 7.13. The molecule has 0 N–H and O–H groups in total. The first-order valence-corrected chi connectivity index (χ1v) is 13.6. The van der Waals surface area contributed by atoms with Crippen LogP contribution >= 0.6 is 0 Å². The quantitative estimate of drug-likeness (QED) is 0.439. The van der Waals surface area contributed by atoms with Crippen LogP contribution < -0.4 is 4.74 Å². The molecule has 2 aliphatic rings. The smallest absolute Gasteiger partial charge is 0.227 e. The van der Waals surface area contributed by atoms with E-state index in [1.54, 1.807) is 12.1 Å². The average Bonchev–Trinajstić information content (AvgIpc) is 2.88. The number of piperidine rings is 1. The van der Waals surface area contributed by atoms with Crippen LogP contribution in [0.25, 0.3) is 0 Å². The lowest BCUT2D eigenvalue weighted by atomic mass is 10.0. The number of halogens is 1. The maximum atomic E-state index is 13.6. The van der Waals surface area contributed by atoms with Crippen LogP contribution in [0.15, 0.2) is 48.5 Å². The number of nitrogens with zero attached hydrogens (tertiary/aromatic N) is 2. The number of ether oxygens (including phenoxy) is 3. The summed E-state index contributed by atoms with van der Waals surface area (Å²) in [7, 11) is 0. The van der Waals surface area contributed by atoms with Gasteiger partial charge in [-0.3, -0.25) is 4.79 Å². The minimum absolute atomic E-state index is 0.0956. The van der Waals surface area contributed by atoms with Crippen LogP contribution in [0, 0.1) is 5.82 Å². The standard InChI is InChI=1S/C30H41FN2O4/c1-22(2)36-28-10-6-24(7-11-28)20-29(34)33(21-25-4-8-26(31)9-5-25)27-12-16-32(17-13-27)18-14-30-35-19-15-23(3)37-30/h4-11,22-23,27,30H,12-21H2,1-3H3. The SMILES string of the molecule is CC(C)Oc1ccc(CC(=O)N(Cc2ccc(F)cc2)C2CCN(CCC3OCCC(C)O3)CC2)cc1. The molecule has 2 atom stereocenters. The number of rotatable bonds is 10. The predicted octanol–water partition coefficient (Wildman–Crippen LogP) is 5.19. The molecule has 2 fully saturated rings. The number of benzene rings is 2. The third-order valence-corrected chi connectivity index (χ3v) is 7.13. The van der Waals surface area contributed by atoms with E-state index in [0.717, 1.165) is 68.8 Å². The van der Waals surface area contributed by atoms with Crippen molar-refractivity contribution in [2.75, 3.05) is 26.2 Å². The molecule has 7 heteroatoms. The number of carbonyl (C=O) groups is 1. The summed E-state index contributed by atoms with van der Waals surface area (Å²) >= 11 is 0. The van der Waals surface area contributed by atoms with Crippen molar-refractivity contribution in [3.63, 3.8) is 0 Å². The molecule has 0 spiro atoms. The lowest BCUT2D eigenvalue weighted by Gasteiger charge is -2.39. The number of hydrogen-bond donors (Lipinski definition) is 0. The first kappa shape index (κ1) is 27.6. The number of likely N-dealkylation sites (tertiary alicyclic amines) is 1. The van der Waals surface area contributed by atoms with Gasteiger partial charge in [0.2, 0.25) is 5.91 Å². The molecule has 2 aliphatic heterocycles. The van der Waals surface area contributed by atoms with Crippen LogP contribution in [0.3, 0.4) is 0 Å². The van der Waals surface area contributed by atoms with Gasteiger partial charge in [0.25, 0.3) is 0 Å². The zero-order valence-electron chi connectivity index (χ0n) is 22.4. The maximum Gasteiger partial charge on any atom is 0.227 e. The van der Waals surface area contributed by atoms with Crippen LogP contribution in [0.5, 0.6) is 5.75 Å². The van der Waals surface area contributed by atoms with E-state index in [1.807, 2.05) is 43.0 Å². The summed E-state index contributed by atoms with van der Waals surface area (Å²) in [6.45, 7) is 10.1. The van der Waals surface area contributed by atoms with E-state index in [4.69, 9.17) is 14.2 Å². The van der Waals surface area contributed by atoms with Gasteiger partial charge in [-0.15, -0.1) is 0 Å². The number of carbonyl (C=O) groups excluding carboxylic acids is 1. The molecule has 37 heavy (non-hydrogen) atoms. The Bertz CT molecular complexity index is 974. The van der Waals surface area contributed by atoms with Crippen LogP contribution in [0.2, 0.25) is 0 Å². The average molecular weight is 513 g/mol. The summed E-state index contributed by atoms with van der Waals surface area (Å²) in [4.78, 5) is 18.0. The Morgan fingerprint density at radius 1 is 1.05 bits per heavy atom. The highest BCUT2D eigenvalue weighted by Gasteiger charge is 2.29. The monoisotopic (exact) mass is 512 g/mol. The molecule has 0 aliphatic carbocycles. The molecule has 0 bridgehead atoms. The molecule has 1 amide bonds. The Kier molecular flexibility index (Phi) is 9.95. The van der Waals surface area contributed by atoms with Gasteiger partial charge in [-0.2, -0.15) is 0 Å². The summed E-state index contributed by atoms with van der Waals surface area (Å²) < 4.78 is 30.9. The molecule has 4 rings (SSSR count). The first-order chi connectivity index (χ1) is 17.9. The summed E-state index contributed by atoms with van der Waals surface area (Å²) in [5.41, 5.74) is 1.91. The molecule has 0 radical (unpaired) electrons. The molecule has 0 aromatic heterocycles. The van der Waals surface area contributed by atoms with Crippen molar-refractivity contribution in [2.24, 2.45) is 0 Å². The molecule has 2 aromatic carbocycles. The van der Waals surface area contributed by atoms with Crippen LogP contribution in [0.4, 0.5) is 4.39 Å². The number of amides is 1. The Hall–Kier alpha value is -2.48. The second-order valence-electron chi connectivity index (χ2n) is 10.5. The van der Waals surface area contributed by atoms with Gasteiger partial charge in [-0.25, -0.2) is 4.39 Å². The zero-order chi connectivity index (χ0) is 26.2. The van der Waals surface area contributed by atoms with Gasteiger partial charge >= 0.3 is 0 Å². The molecular weight excluding hydrogens is 471 g/mol. The van der Waals surface area contributed by atoms with E-state index >= 15 is 0 Å². The molecule has 2 heterocycles. The second-order valence-corrected chi connectivity index (χ2v) is 10.5. The lowest BCUT2D eigenvalue weighted by Crippen LogP contribution is -2.48. The summed E-state index contributed by atoms with van der Waals surface area (Å²) in [5.74, 6) is 0.637. The van der Waals surface area contributed by atoms with Gasteiger partial charge in [0.1, 0.15) is 11.6 Å². The zero-order valence-corrected chi connectivity index (χ0v) is 22.4. The Morgan fingerprint density at radius 3 is 2.38 bits per heavy atom. The predicted molar refractivity (Wildman–Crippen MR) is 142 cm³/mol. The van der Waals surface area contributed by atoms with Gasteiger partial charge in [-0.1, -0.05) is 24.3 Å². The van der Waals surface area contributed by atoms with E-state index < -0.39 is 0 Å². The molecule has 2 unspecified atom stereocenters. The molecule has 6 nitrogen and oxygen atoms in total. The highest BCUT2D eigenvalue weighted by Crippen LogP contribution is 2.23. The summed E-state index contributed by atoms with van der Waals surface area (Å²) in [5, 5.41) is 0. The molecular formula is C30H41FN2O4. The minimum atomic E-state index is -0.265. The van der Waals surface area contributed by atoms with E-state index in [-0.39, 0.29) is 36.3 Å². The van der Waals surface area contributed by atoms with Gasteiger partial charge in [0.15, 0.2) is 6.29 Å². The van der Waals surface area contributed by atoms with Crippen molar-refractivity contribution in [1.82, 2.24) is 9.80 Å². The fourth-order valence-electron chi connectivity index (χ4n) is 5.07. The van der Waals surface area contributed by atoms with Crippen molar-refractivity contribution in [1.29, 1.82) is 0 Å². The van der Waals surface area contributed by atoms with Crippen LogP contribution in [-0.2, 0) is 27.2 Å². The van der Waals surface area contributed by atoms with Gasteiger partial charge in [0.05, 0.1) is 25.2 Å². The normalized spacial score (nSPS) is 21.2. The molecule has 0 saturated carbocycles. The fraction of sp³-hybridized carbons (Fsp3) is 0.567. The van der Waals surface area contributed by atoms with Crippen molar-refractivity contribution < 1.29 is 23.4 Å². The molecule has 2 saturated heterocycles. The lowest BCUT2D eigenvalue weighted by molar-refractivity contribution is -0.211. The second kappa shape index (κ2) is 13.4. The van der Waals surface area contributed by atoms with E-state index in [1.165, 1.54) is 12.1 Å². The Labute approximate surface area is 220 Å². The molecule has 2 aromatic rings. The number of hydrogen-bond acceptors (Lipinski definition) is 5. The van der Waals surface area contributed by atoms with Crippen molar-refractivity contribution in [3.8, 4) is 5.75 Å². The van der Waals surface area contributed by atoms with Gasteiger partial charge in [0, 0.05) is 38.6 Å². The topological polar surface area (TPSA) is 51.2 Å². The van der Waals surface area contributed by atoms with Crippen molar-refractivity contribution in [3.05, 3.63) is 65.5 Å². The fourth-order valence-corrected chi connectivity index (χ4v) is 5.07. The minimum Gasteiger partial charge on any atom is -0.491 e. The summed E-state index contributed by atoms with van der Waals surface area (Å²) in [6, 6.07) is 14.4. The Balaban J connectivity index is 1.36. The summed E-state index contributed by atoms with van der Waals surface area (Å²) in [6.07, 6.45) is 4.23. The van der Waals surface area contributed by atoms with Crippen molar-refractivity contribution >= 4 is 5.91 Å². The first-order valence-electron chi connectivity index (χ1n) is 13.6. The highest BCUT2D eigenvalue weighted by molar-refractivity contribution is 5.79. The van der Waals surface area contributed by atoms with Gasteiger partial charge in [-0.05, 0) is 75.4 Å². The van der Waals surface area contributed by atoms with Crippen LogP contribution in [0.1, 0.15) is 57.6 Å². The largest absolute Gasteiger partial charge is 0.491 e. The third kappa shape index (κ3) is 8.52. The van der Waals surface area contributed by atoms with E-state index in [2.05, 4.69) is 11.8 Å². The maximum absolute atomic E-state index is 13.6. The van der Waals surface area contributed by atoms with Crippen molar-refractivity contribution in [2.45, 2.75) is 84.0 Å². The highest BCUT2D eigenvalue weighted by atomic mass is 19.1. The van der Waals surface area contributed by atoms with Crippen LogP contribution in [-0.4, -0.2) is 66.5 Å².